The van der Waals surface area contributed by atoms with E-state index in [4.69, 9.17) is 4.74 Å². The van der Waals surface area contributed by atoms with E-state index in [9.17, 15) is 19.8 Å². The first-order valence-corrected chi connectivity index (χ1v) is 10.9. The first-order valence-electron chi connectivity index (χ1n) is 10.9. The summed E-state index contributed by atoms with van der Waals surface area (Å²) in [7, 11) is 1.60. The number of hydrogen-bond acceptors (Lipinski definition) is 7. The number of fused-ring (bicyclic) bond motifs is 1. The molecule has 2 heterocycles. The molecule has 1 saturated carbocycles. The third-order valence-corrected chi connectivity index (χ3v) is 6.05. The summed E-state index contributed by atoms with van der Waals surface area (Å²) in [6.07, 6.45) is 1.88. The maximum absolute atomic E-state index is 13.3. The van der Waals surface area contributed by atoms with Crippen molar-refractivity contribution in [2.45, 2.75) is 58.0 Å². The van der Waals surface area contributed by atoms with Gasteiger partial charge in [-0.2, -0.15) is 4.98 Å². The number of hydrogen-bond donors (Lipinski definition) is 3. The summed E-state index contributed by atoms with van der Waals surface area (Å²) in [5.74, 6) is 1.14. The van der Waals surface area contributed by atoms with Crippen molar-refractivity contribution in [2.75, 3.05) is 19.0 Å². The monoisotopic (exact) mass is 443 g/mol. The van der Waals surface area contributed by atoms with E-state index in [-0.39, 0.29) is 36.9 Å². The first kappa shape index (κ1) is 22.1. The highest BCUT2D eigenvalue weighted by molar-refractivity contribution is 5.74. The number of nitrogens with zero attached hydrogens (tertiary/aromatic N) is 4. The minimum absolute atomic E-state index is 0.0284. The average molecular weight is 444 g/mol. The Morgan fingerprint density at radius 2 is 1.91 bits per heavy atom. The van der Waals surface area contributed by atoms with Gasteiger partial charge in [0.25, 0.3) is 5.56 Å². The number of nitrogens with one attached hydrogen (secondary N) is 1. The number of benzene rings is 1. The number of imidazole rings is 1. The lowest BCUT2D eigenvalue weighted by molar-refractivity contribution is 0.171. The molecule has 0 unspecified atom stereocenters. The number of aliphatic hydroxyl groups is 2. The van der Waals surface area contributed by atoms with E-state index in [0.717, 1.165) is 28.7 Å². The van der Waals surface area contributed by atoms with Crippen molar-refractivity contribution >= 4 is 17.1 Å². The van der Waals surface area contributed by atoms with E-state index in [1.807, 2.05) is 24.3 Å². The molecule has 2 aromatic heterocycles. The van der Waals surface area contributed by atoms with Crippen molar-refractivity contribution in [1.82, 2.24) is 18.7 Å². The molecule has 32 heavy (non-hydrogen) atoms. The molecule has 1 aromatic carbocycles. The maximum Gasteiger partial charge on any atom is 0.332 e. The standard InChI is InChI=1S/C22H29N5O5/c1-3-25-20(30)18-19(26(11-12-28)22(25)31)24-21(23-16-5-4-6-17(16)29)27(18)13-14-7-9-15(32-2)10-8-14/h7-10,16-17,28-29H,3-6,11-13H2,1-2H3,(H,23,24)/t16-,17-/m1/s1. The molecule has 1 fully saturated rings. The summed E-state index contributed by atoms with van der Waals surface area (Å²) in [5, 5.41) is 23.1. The molecule has 3 aromatic rings. The summed E-state index contributed by atoms with van der Waals surface area (Å²) in [5.41, 5.74) is 0.499. The number of anilines is 1. The molecule has 172 valence electrons. The number of methoxy groups -OCH3 is 1. The average Bonchev–Trinajstić information content (AvgIpc) is 3.36. The quantitative estimate of drug-likeness (QED) is 0.469. The molecule has 1 aliphatic carbocycles. The van der Waals surface area contributed by atoms with Crippen LogP contribution in [0.5, 0.6) is 5.75 Å². The van der Waals surface area contributed by atoms with Crippen LogP contribution < -0.4 is 21.3 Å². The van der Waals surface area contributed by atoms with Crippen LogP contribution in [0.25, 0.3) is 11.2 Å². The van der Waals surface area contributed by atoms with E-state index in [1.165, 1.54) is 4.57 Å². The minimum Gasteiger partial charge on any atom is -0.497 e. The fourth-order valence-electron chi connectivity index (χ4n) is 4.32. The molecule has 0 bridgehead atoms. The summed E-state index contributed by atoms with van der Waals surface area (Å²) in [6, 6.07) is 7.30. The van der Waals surface area contributed by atoms with E-state index < -0.39 is 17.4 Å². The van der Waals surface area contributed by atoms with Crippen LogP contribution in [-0.2, 0) is 19.6 Å². The van der Waals surface area contributed by atoms with Gasteiger partial charge in [-0.25, -0.2) is 4.79 Å². The summed E-state index contributed by atoms with van der Waals surface area (Å²) < 4.78 is 9.47. The topological polar surface area (TPSA) is 124 Å². The van der Waals surface area contributed by atoms with Gasteiger partial charge in [-0.05, 0) is 43.9 Å². The molecular weight excluding hydrogens is 414 g/mol. The largest absolute Gasteiger partial charge is 0.497 e. The van der Waals surface area contributed by atoms with Crippen molar-refractivity contribution < 1.29 is 14.9 Å². The zero-order valence-electron chi connectivity index (χ0n) is 18.3. The highest BCUT2D eigenvalue weighted by Gasteiger charge is 2.28. The predicted octanol–water partition coefficient (Wildman–Crippen LogP) is 0.754. The zero-order valence-corrected chi connectivity index (χ0v) is 18.3. The Hall–Kier alpha value is -3.11. The van der Waals surface area contributed by atoms with Crippen LogP contribution in [0.2, 0.25) is 0 Å². The Morgan fingerprint density at radius 3 is 2.50 bits per heavy atom. The van der Waals surface area contributed by atoms with Crippen molar-refractivity contribution in [1.29, 1.82) is 0 Å². The van der Waals surface area contributed by atoms with Crippen LogP contribution in [0, 0.1) is 0 Å². The SMILES string of the molecule is CCn1c(=O)c2c(nc(N[C@@H]3CCC[C@H]3O)n2Cc2ccc(OC)cc2)n(CCO)c1=O. The third-order valence-electron chi connectivity index (χ3n) is 6.05. The second kappa shape index (κ2) is 9.17. The van der Waals surface area contributed by atoms with Gasteiger partial charge in [-0.3, -0.25) is 18.5 Å². The molecule has 2 atom stereocenters. The van der Waals surface area contributed by atoms with Crippen LogP contribution >= 0.6 is 0 Å². The fraction of sp³-hybridized carbons (Fsp3) is 0.500. The van der Waals surface area contributed by atoms with Crippen LogP contribution in [0.4, 0.5) is 5.95 Å². The van der Waals surface area contributed by atoms with E-state index in [1.54, 1.807) is 18.6 Å². The molecule has 0 radical (unpaired) electrons. The van der Waals surface area contributed by atoms with Gasteiger partial charge >= 0.3 is 5.69 Å². The Labute approximate surface area is 184 Å². The van der Waals surface area contributed by atoms with Gasteiger partial charge in [0.15, 0.2) is 11.2 Å². The van der Waals surface area contributed by atoms with Crippen LogP contribution in [0.3, 0.4) is 0 Å². The molecular formula is C22H29N5O5. The van der Waals surface area contributed by atoms with Gasteiger partial charge in [-0.1, -0.05) is 12.1 Å². The van der Waals surface area contributed by atoms with Crippen molar-refractivity contribution in [3.05, 3.63) is 50.7 Å². The van der Waals surface area contributed by atoms with Gasteiger partial charge < -0.3 is 20.3 Å². The van der Waals surface area contributed by atoms with Crippen LogP contribution in [0.1, 0.15) is 31.7 Å². The summed E-state index contributed by atoms with van der Waals surface area (Å²) in [4.78, 5) is 30.8. The second-order valence-electron chi connectivity index (χ2n) is 8.00. The lowest BCUT2D eigenvalue weighted by Crippen LogP contribution is -2.40. The van der Waals surface area contributed by atoms with Gasteiger partial charge in [-0.15, -0.1) is 0 Å². The molecule has 0 aliphatic heterocycles. The smallest absolute Gasteiger partial charge is 0.332 e. The molecule has 10 nitrogen and oxygen atoms in total. The highest BCUT2D eigenvalue weighted by atomic mass is 16.5. The Kier molecular flexibility index (Phi) is 6.33. The fourth-order valence-corrected chi connectivity index (χ4v) is 4.32. The summed E-state index contributed by atoms with van der Waals surface area (Å²) >= 11 is 0. The number of aliphatic hydroxyl groups excluding tert-OH is 2. The maximum atomic E-state index is 13.3. The normalized spacial score (nSPS) is 18.4. The lowest BCUT2D eigenvalue weighted by Gasteiger charge is -2.18. The number of rotatable bonds is 8. The van der Waals surface area contributed by atoms with Crippen LogP contribution in [-0.4, -0.2) is 54.8 Å². The van der Waals surface area contributed by atoms with Crippen molar-refractivity contribution in [3.8, 4) is 5.75 Å². The molecule has 4 rings (SSSR count). The molecule has 0 spiro atoms. The molecule has 10 heteroatoms. The van der Waals surface area contributed by atoms with E-state index in [2.05, 4.69) is 10.3 Å². The van der Waals surface area contributed by atoms with Gasteiger partial charge in [0.05, 0.1) is 39.0 Å². The Morgan fingerprint density at radius 1 is 1.16 bits per heavy atom. The van der Waals surface area contributed by atoms with Crippen molar-refractivity contribution in [3.63, 3.8) is 0 Å². The second-order valence-corrected chi connectivity index (χ2v) is 8.00. The third kappa shape index (κ3) is 3.91. The molecule has 1 aliphatic rings. The van der Waals surface area contributed by atoms with E-state index >= 15 is 0 Å². The van der Waals surface area contributed by atoms with Crippen molar-refractivity contribution in [2.24, 2.45) is 0 Å². The Balaban J connectivity index is 1.91. The zero-order chi connectivity index (χ0) is 22.8. The van der Waals surface area contributed by atoms with E-state index in [0.29, 0.717) is 18.9 Å². The van der Waals surface area contributed by atoms with Gasteiger partial charge in [0.2, 0.25) is 5.95 Å². The van der Waals surface area contributed by atoms with Gasteiger partial charge in [0.1, 0.15) is 5.75 Å². The molecule has 0 saturated heterocycles. The molecule has 3 N–H and O–H groups in total. The molecule has 0 amide bonds. The number of ether oxygens (including phenoxy) is 1. The minimum atomic E-state index is -0.504. The summed E-state index contributed by atoms with van der Waals surface area (Å²) in [6.45, 7) is 2.04. The highest BCUT2D eigenvalue weighted by Crippen LogP contribution is 2.25. The predicted molar refractivity (Wildman–Crippen MR) is 120 cm³/mol. The first-order chi connectivity index (χ1) is 15.5. The van der Waals surface area contributed by atoms with Gasteiger partial charge in [0, 0.05) is 6.54 Å². The van der Waals surface area contributed by atoms with Crippen LogP contribution in [0.15, 0.2) is 33.9 Å². The Bertz CT molecular complexity index is 1210. The number of aromatic nitrogens is 4. The lowest BCUT2D eigenvalue weighted by atomic mass is 10.2.